The number of aliphatic hydroxyl groups is 1. The molecule has 0 amide bonds. The Kier molecular flexibility index (Phi) is 5.17. The number of anilines is 2. The van der Waals surface area contributed by atoms with Crippen molar-refractivity contribution in [2.75, 3.05) is 23.3 Å². The second-order valence-corrected chi connectivity index (χ2v) is 6.71. The van der Waals surface area contributed by atoms with E-state index < -0.39 is 0 Å². The summed E-state index contributed by atoms with van der Waals surface area (Å²) in [5.74, 6) is 2.18. The first-order valence-electron chi connectivity index (χ1n) is 8.76. The Morgan fingerprint density at radius 1 is 1.19 bits per heavy atom. The first-order valence-corrected chi connectivity index (χ1v) is 9.14. The number of nitrogens with zero attached hydrogens (tertiary/aromatic N) is 5. The van der Waals surface area contributed by atoms with Crippen LogP contribution in [0.25, 0.3) is 11.4 Å². The lowest BCUT2D eigenvalue weighted by atomic mass is 10.1. The van der Waals surface area contributed by atoms with E-state index in [4.69, 9.17) is 16.1 Å². The van der Waals surface area contributed by atoms with Crippen molar-refractivity contribution in [1.29, 1.82) is 0 Å². The van der Waals surface area contributed by atoms with Crippen LogP contribution in [0.4, 0.5) is 11.8 Å². The van der Waals surface area contributed by atoms with E-state index in [1.54, 1.807) is 12.3 Å². The molecule has 0 unspecified atom stereocenters. The van der Waals surface area contributed by atoms with Crippen molar-refractivity contribution in [3.05, 3.63) is 47.4 Å². The molecule has 2 aromatic heterocycles. The summed E-state index contributed by atoms with van der Waals surface area (Å²) in [7, 11) is 0. The highest BCUT2D eigenvalue weighted by molar-refractivity contribution is 6.33. The van der Waals surface area contributed by atoms with E-state index in [2.05, 4.69) is 30.3 Å². The Morgan fingerprint density at radius 3 is 2.81 bits per heavy atom. The highest BCUT2D eigenvalue weighted by Crippen LogP contribution is 2.25. The maximum Gasteiger partial charge on any atom is 0.246 e. The topological polar surface area (TPSA) is 100 Å². The van der Waals surface area contributed by atoms with Crippen LogP contribution in [0, 0.1) is 0 Å². The van der Waals surface area contributed by atoms with E-state index >= 15 is 0 Å². The quantitative estimate of drug-likeness (QED) is 0.690. The van der Waals surface area contributed by atoms with Gasteiger partial charge in [0.1, 0.15) is 5.82 Å². The van der Waals surface area contributed by atoms with E-state index in [1.165, 1.54) is 0 Å². The van der Waals surface area contributed by atoms with Gasteiger partial charge in [0.2, 0.25) is 17.7 Å². The number of hydrogen-bond donors (Lipinski definition) is 2. The number of nitrogens with one attached hydrogen (secondary N) is 1. The van der Waals surface area contributed by atoms with E-state index in [9.17, 15) is 5.11 Å². The minimum Gasteiger partial charge on any atom is -0.393 e. The van der Waals surface area contributed by atoms with Crippen LogP contribution in [-0.2, 0) is 6.54 Å². The van der Waals surface area contributed by atoms with Gasteiger partial charge in [-0.25, -0.2) is 4.98 Å². The molecule has 0 atom stereocenters. The summed E-state index contributed by atoms with van der Waals surface area (Å²) < 4.78 is 5.28. The fourth-order valence-corrected chi connectivity index (χ4v) is 3.16. The molecule has 1 aliphatic heterocycles. The molecule has 0 bridgehead atoms. The van der Waals surface area contributed by atoms with Gasteiger partial charge in [0, 0.05) is 24.8 Å². The van der Waals surface area contributed by atoms with Gasteiger partial charge in [-0.2, -0.15) is 9.97 Å². The van der Waals surface area contributed by atoms with Crippen LogP contribution in [-0.4, -0.2) is 44.4 Å². The highest BCUT2D eigenvalue weighted by atomic mass is 35.5. The van der Waals surface area contributed by atoms with Crippen LogP contribution in [0.2, 0.25) is 5.02 Å². The van der Waals surface area contributed by atoms with Gasteiger partial charge in [0.25, 0.3) is 0 Å². The maximum atomic E-state index is 9.64. The fourth-order valence-electron chi connectivity index (χ4n) is 2.94. The van der Waals surface area contributed by atoms with Crippen LogP contribution in [0.3, 0.4) is 0 Å². The van der Waals surface area contributed by atoms with Crippen molar-refractivity contribution in [2.45, 2.75) is 25.5 Å². The number of aromatic nitrogens is 4. The molecule has 27 heavy (non-hydrogen) atoms. The first kappa shape index (κ1) is 17.7. The zero-order valence-electron chi connectivity index (χ0n) is 14.5. The van der Waals surface area contributed by atoms with Crippen molar-refractivity contribution in [3.63, 3.8) is 0 Å². The number of hydrogen-bond acceptors (Lipinski definition) is 8. The second kappa shape index (κ2) is 7.89. The third-order valence-corrected chi connectivity index (χ3v) is 4.74. The van der Waals surface area contributed by atoms with Gasteiger partial charge >= 0.3 is 0 Å². The SMILES string of the molecule is OC1CCN(c2ccnc(NCc3nc(-c4ccccc4Cl)no3)n2)CC1. The largest absolute Gasteiger partial charge is 0.393 e. The van der Waals surface area contributed by atoms with Gasteiger partial charge in [-0.1, -0.05) is 28.9 Å². The van der Waals surface area contributed by atoms with Crippen molar-refractivity contribution in [1.82, 2.24) is 20.1 Å². The Bertz CT molecular complexity index is 910. The molecule has 0 saturated carbocycles. The lowest BCUT2D eigenvalue weighted by molar-refractivity contribution is 0.145. The molecule has 9 heteroatoms. The predicted octanol–water partition coefficient (Wildman–Crippen LogP) is 2.75. The third kappa shape index (κ3) is 4.17. The van der Waals surface area contributed by atoms with E-state index in [-0.39, 0.29) is 6.10 Å². The van der Waals surface area contributed by atoms with Crippen molar-refractivity contribution >= 4 is 23.4 Å². The van der Waals surface area contributed by atoms with Crippen LogP contribution in [0.15, 0.2) is 41.1 Å². The molecular formula is C18H19ClN6O2. The van der Waals surface area contributed by atoms with Gasteiger partial charge in [-0.3, -0.25) is 0 Å². The van der Waals surface area contributed by atoms with E-state index in [0.29, 0.717) is 29.2 Å². The average molecular weight is 387 g/mol. The van der Waals surface area contributed by atoms with Crippen LogP contribution in [0.1, 0.15) is 18.7 Å². The highest BCUT2D eigenvalue weighted by Gasteiger charge is 2.18. The summed E-state index contributed by atoms with van der Waals surface area (Å²) >= 11 is 6.16. The van der Waals surface area contributed by atoms with Gasteiger partial charge in [-0.15, -0.1) is 0 Å². The Balaban J connectivity index is 1.41. The average Bonchev–Trinajstić information content (AvgIpc) is 3.16. The lowest BCUT2D eigenvalue weighted by Crippen LogP contribution is -2.36. The minimum atomic E-state index is -0.217. The zero-order valence-corrected chi connectivity index (χ0v) is 15.3. The molecule has 0 radical (unpaired) electrons. The lowest BCUT2D eigenvalue weighted by Gasteiger charge is -2.30. The fraction of sp³-hybridized carbons (Fsp3) is 0.333. The minimum absolute atomic E-state index is 0.217. The Hall–Kier alpha value is -2.71. The van der Waals surface area contributed by atoms with Crippen LogP contribution >= 0.6 is 11.6 Å². The summed E-state index contributed by atoms with van der Waals surface area (Å²) in [6.07, 6.45) is 2.99. The molecule has 1 saturated heterocycles. The van der Waals surface area contributed by atoms with Crippen molar-refractivity contribution < 1.29 is 9.63 Å². The van der Waals surface area contributed by atoms with Gasteiger partial charge in [-0.05, 0) is 31.0 Å². The van der Waals surface area contributed by atoms with E-state index in [1.807, 2.05) is 24.3 Å². The molecule has 3 heterocycles. The molecule has 1 fully saturated rings. The maximum absolute atomic E-state index is 9.64. The van der Waals surface area contributed by atoms with Gasteiger partial charge in [0.05, 0.1) is 17.7 Å². The number of halogens is 1. The van der Waals surface area contributed by atoms with Crippen LogP contribution in [0.5, 0.6) is 0 Å². The molecule has 3 aromatic rings. The normalized spacial score (nSPS) is 15.1. The second-order valence-electron chi connectivity index (χ2n) is 6.30. The number of aliphatic hydroxyl groups excluding tert-OH is 1. The Labute approximate surface area is 161 Å². The molecule has 2 N–H and O–H groups in total. The van der Waals surface area contributed by atoms with Gasteiger partial charge < -0.3 is 19.8 Å². The zero-order chi connectivity index (χ0) is 18.6. The number of rotatable bonds is 5. The molecule has 4 rings (SSSR count). The number of piperidine rings is 1. The summed E-state index contributed by atoms with van der Waals surface area (Å²) in [4.78, 5) is 15.3. The summed E-state index contributed by atoms with van der Waals surface area (Å²) in [5, 5.41) is 17.3. The molecule has 8 nitrogen and oxygen atoms in total. The standard InChI is InChI=1S/C18H19ClN6O2/c19-14-4-2-1-3-13(14)17-23-16(27-24-17)11-21-18-20-8-5-15(22-18)25-9-6-12(26)7-10-25/h1-5,8,12,26H,6-7,9-11H2,(H,20,21,22). The molecular weight excluding hydrogens is 368 g/mol. The predicted molar refractivity (Wildman–Crippen MR) is 102 cm³/mol. The summed E-state index contributed by atoms with van der Waals surface area (Å²) in [6, 6.07) is 9.21. The molecule has 1 aromatic carbocycles. The first-order chi connectivity index (χ1) is 13.2. The van der Waals surface area contributed by atoms with Crippen LogP contribution < -0.4 is 10.2 Å². The molecule has 140 valence electrons. The van der Waals surface area contributed by atoms with E-state index in [0.717, 1.165) is 37.3 Å². The molecule has 0 spiro atoms. The summed E-state index contributed by atoms with van der Waals surface area (Å²) in [6.45, 7) is 1.87. The number of benzene rings is 1. The third-order valence-electron chi connectivity index (χ3n) is 4.41. The smallest absolute Gasteiger partial charge is 0.246 e. The monoisotopic (exact) mass is 386 g/mol. The van der Waals surface area contributed by atoms with Gasteiger partial charge in [0.15, 0.2) is 0 Å². The van der Waals surface area contributed by atoms with Crippen molar-refractivity contribution in [2.24, 2.45) is 0 Å². The Morgan fingerprint density at radius 2 is 2.00 bits per heavy atom. The molecule has 1 aliphatic rings. The summed E-state index contributed by atoms with van der Waals surface area (Å²) in [5.41, 5.74) is 0.722. The molecule has 0 aliphatic carbocycles. The van der Waals surface area contributed by atoms with Crippen molar-refractivity contribution in [3.8, 4) is 11.4 Å².